The summed E-state index contributed by atoms with van der Waals surface area (Å²) in [5, 5.41) is 10.3. The average Bonchev–Trinajstić information content (AvgIpc) is 3.05. The molecule has 4 rings (SSSR count). The van der Waals surface area contributed by atoms with Crippen molar-refractivity contribution >= 4 is 0 Å². The fourth-order valence-corrected chi connectivity index (χ4v) is 4.12. The Kier molecular flexibility index (Phi) is 5.04. The second kappa shape index (κ2) is 7.61. The van der Waals surface area contributed by atoms with Gasteiger partial charge in [0.05, 0.1) is 6.04 Å². The van der Waals surface area contributed by atoms with Crippen LogP contribution in [0.3, 0.4) is 0 Å². The predicted molar refractivity (Wildman–Crippen MR) is 110 cm³/mol. The summed E-state index contributed by atoms with van der Waals surface area (Å²) < 4.78 is 2.38. The van der Waals surface area contributed by atoms with Crippen molar-refractivity contribution in [2.75, 3.05) is 6.54 Å². The summed E-state index contributed by atoms with van der Waals surface area (Å²) >= 11 is 0. The highest BCUT2D eigenvalue weighted by Gasteiger charge is 2.27. The van der Waals surface area contributed by atoms with Crippen molar-refractivity contribution in [3.63, 3.8) is 0 Å². The molecule has 3 heteroatoms. The van der Waals surface area contributed by atoms with Crippen LogP contribution in [0.4, 0.5) is 0 Å². The largest absolute Gasteiger partial charge is 0.508 e. The minimum Gasteiger partial charge on any atom is -0.508 e. The van der Waals surface area contributed by atoms with Gasteiger partial charge in [-0.1, -0.05) is 56.3 Å². The number of aryl methyl sites for hydroxylation is 1. The highest BCUT2D eigenvalue weighted by Crippen LogP contribution is 2.34. The van der Waals surface area contributed by atoms with Crippen molar-refractivity contribution in [2.45, 2.75) is 45.3 Å². The summed E-state index contributed by atoms with van der Waals surface area (Å²) in [4.78, 5) is 2.50. The van der Waals surface area contributed by atoms with E-state index >= 15 is 0 Å². The molecule has 0 aliphatic carbocycles. The van der Waals surface area contributed by atoms with E-state index < -0.39 is 0 Å². The Balaban J connectivity index is 1.73. The Morgan fingerprint density at radius 2 is 1.74 bits per heavy atom. The third-order valence-corrected chi connectivity index (χ3v) is 5.64. The maximum Gasteiger partial charge on any atom is 0.120 e. The van der Waals surface area contributed by atoms with E-state index in [0.29, 0.717) is 11.7 Å². The van der Waals surface area contributed by atoms with Crippen molar-refractivity contribution in [2.24, 2.45) is 0 Å². The van der Waals surface area contributed by atoms with Gasteiger partial charge in [-0.25, -0.2) is 0 Å². The molecule has 1 aliphatic heterocycles. The number of phenols is 1. The van der Waals surface area contributed by atoms with Gasteiger partial charge < -0.3 is 9.67 Å². The first kappa shape index (κ1) is 17.9. The Morgan fingerprint density at radius 1 is 0.963 bits per heavy atom. The lowest BCUT2D eigenvalue weighted by Crippen LogP contribution is -2.29. The molecule has 0 amide bonds. The zero-order valence-electron chi connectivity index (χ0n) is 16.2. The highest BCUT2D eigenvalue weighted by molar-refractivity contribution is 5.35. The Morgan fingerprint density at radius 3 is 2.48 bits per heavy atom. The van der Waals surface area contributed by atoms with Crippen molar-refractivity contribution in [1.82, 2.24) is 9.47 Å². The lowest BCUT2D eigenvalue weighted by Gasteiger charge is -2.31. The molecule has 3 aromatic rings. The fourth-order valence-electron chi connectivity index (χ4n) is 4.12. The van der Waals surface area contributed by atoms with E-state index in [1.807, 2.05) is 18.2 Å². The lowest BCUT2D eigenvalue weighted by molar-refractivity contribution is 0.218. The molecule has 27 heavy (non-hydrogen) atoms. The first-order valence-corrected chi connectivity index (χ1v) is 9.89. The van der Waals surface area contributed by atoms with Gasteiger partial charge in [-0.2, -0.15) is 0 Å². The lowest BCUT2D eigenvalue weighted by atomic mass is 9.96. The van der Waals surface area contributed by atoms with Crippen LogP contribution < -0.4 is 0 Å². The molecular weight excluding hydrogens is 332 g/mol. The molecule has 1 aliphatic rings. The summed E-state index contributed by atoms with van der Waals surface area (Å²) in [5.41, 5.74) is 5.01. The van der Waals surface area contributed by atoms with Gasteiger partial charge in [-0.3, -0.25) is 4.90 Å². The number of benzene rings is 2. The quantitative estimate of drug-likeness (QED) is 0.683. The average molecular weight is 361 g/mol. The maximum absolute atomic E-state index is 10.3. The van der Waals surface area contributed by atoms with Crippen LogP contribution in [0.15, 0.2) is 66.9 Å². The van der Waals surface area contributed by atoms with E-state index in [2.05, 4.69) is 65.9 Å². The molecule has 0 unspecified atom stereocenters. The van der Waals surface area contributed by atoms with Crippen LogP contribution in [-0.4, -0.2) is 21.1 Å². The third kappa shape index (κ3) is 3.65. The molecule has 0 fully saturated rings. The van der Waals surface area contributed by atoms with E-state index in [1.54, 1.807) is 6.07 Å². The molecule has 0 saturated heterocycles. The number of para-hydroxylation sites is 1. The molecule has 0 bridgehead atoms. The van der Waals surface area contributed by atoms with E-state index in [-0.39, 0.29) is 6.04 Å². The zero-order chi connectivity index (χ0) is 18.8. The number of aromatic nitrogens is 1. The SMILES string of the molecule is CC(C)c1ccc([C@H]2c3cccn3CCCN2Cc2ccccc2O)cc1. The van der Waals surface area contributed by atoms with Gasteiger partial charge in [-0.05, 0) is 41.7 Å². The van der Waals surface area contributed by atoms with Crippen LogP contribution in [-0.2, 0) is 13.1 Å². The molecule has 140 valence electrons. The molecule has 3 nitrogen and oxygen atoms in total. The molecule has 0 saturated carbocycles. The van der Waals surface area contributed by atoms with Gasteiger partial charge in [-0.15, -0.1) is 0 Å². The summed E-state index contributed by atoms with van der Waals surface area (Å²) in [6.45, 7) is 7.26. The second-order valence-electron chi connectivity index (χ2n) is 7.80. The summed E-state index contributed by atoms with van der Waals surface area (Å²) in [5.74, 6) is 0.917. The van der Waals surface area contributed by atoms with Crippen LogP contribution >= 0.6 is 0 Å². The number of fused-ring (bicyclic) bond motifs is 1. The maximum atomic E-state index is 10.3. The highest BCUT2D eigenvalue weighted by atomic mass is 16.3. The molecule has 1 N–H and O–H groups in total. The molecule has 2 heterocycles. The van der Waals surface area contributed by atoms with E-state index in [9.17, 15) is 5.11 Å². The van der Waals surface area contributed by atoms with Gasteiger partial charge in [0.15, 0.2) is 0 Å². The van der Waals surface area contributed by atoms with Crippen LogP contribution in [0.2, 0.25) is 0 Å². The Labute approximate surface area is 161 Å². The van der Waals surface area contributed by atoms with Gasteiger partial charge in [0.1, 0.15) is 5.75 Å². The number of rotatable bonds is 4. The third-order valence-electron chi connectivity index (χ3n) is 5.64. The molecule has 0 spiro atoms. The van der Waals surface area contributed by atoms with E-state index in [0.717, 1.165) is 31.6 Å². The van der Waals surface area contributed by atoms with Crippen molar-refractivity contribution in [3.05, 3.63) is 89.2 Å². The molecule has 1 atom stereocenters. The minimum atomic E-state index is 0.198. The molecular formula is C24H28N2O. The first-order chi connectivity index (χ1) is 13.1. The normalized spacial score (nSPS) is 17.7. The van der Waals surface area contributed by atoms with Gasteiger partial charge >= 0.3 is 0 Å². The van der Waals surface area contributed by atoms with Gasteiger partial charge in [0.25, 0.3) is 0 Å². The number of hydrogen-bond acceptors (Lipinski definition) is 2. The van der Waals surface area contributed by atoms with Crippen molar-refractivity contribution < 1.29 is 5.11 Å². The minimum absolute atomic E-state index is 0.198. The van der Waals surface area contributed by atoms with E-state index in [1.165, 1.54) is 16.8 Å². The summed E-state index contributed by atoms with van der Waals surface area (Å²) in [6.07, 6.45) is 3.30. The number of nitrogens with zero attached hydrogens (tertiary/aromatic N) is 2. The van der Waals surface area contributed by atoms with Crippen LogP contribution in [0.25, 0.3) is 0 Å². The molecule has 1 aromatic heterocycles. The Hall–Kier alpha value is -2.52. The number of hydrogen-bond donors (Lipinski definition) is 1. The second-order valence-corrected chi connectivity index (χ2v) is 7.80. The Bertz CT molecular complexity index is 895. The van der Waals surface area contributed by atoms with E-state index in [4.69, 9.17) is 0 Å². The topological polar surface area (TPSA) is 28.4 Å². The molecule has 0 radical (unpaired) electrons. The van der Waals surface area contributed by atoms with Gasteiger partial charge in [0.2, 0.25) is 0 Å². The van der Waals surface area contributed by atoms with Crippen molar-refractivity contribution in [1.29, 1.82) is 0 Å². The number of phenolic OH excluding ortho intramolecular Hbond substituents is 1. The number of aromatic hydroxyl groups is 1. The predicted octanol–water partition coefficient (Wildman–Crippen LogP) is 5.31. The van der Waals surface area contributed by atoms with Crippen LogP contribution in [0, 0.1) is 0 Å². The van der Waals surface area contributed by atoms with Gasteiger partial charge in [0, 0.05) is 37.1 Å². The molecule has 2 aromatic carbocycles. The fraction of sp³-hybridized carbons (Fsp3) is 0.333. The summed E-state index contributed by atoms with van der Waals surface area (Å²) in [6, 6.07) is 21.4. The monoisotopic (exact) mass is 360 g/mol. The zero-order valence-corrected chi connectivity index (χ0v) is 16.2. The standard InChI is InChI=1S/C24H28N2O/c1-18(2)19-10-12-20(13-11-19)24-22-8-5-14-25(22)15-6-16-26(24)17-21-7-3-4-9-23(21)27/h3-5,7-14,18,24,27H,6,15-17H2,1-2H3/t24-/m0/s1. The van der Waals surface area contributed by atoms with Crippen LogP contribution in [0.5, 0.6) is 5.75 Å². The smallest absolute Gasteiger partial charge is 0.120 e. The van der Waals surface area contributed by atoms with Crippen molar-refractivity contribution in [3.8, 4) is 5.75 Å². The summed E-state index contributed by atoms with van der Waals surface area (Å²) in [7, 11) is 0. The first-order valence-electron chi connectivity index (χ1n) is 9.89. The van der Waals surface area contributed by atoms with Crippen LogP contribution in [0.1, 0.15) is 54.6 Å².